The number of nitrogens with one attached hydrogen (secondary N) is 1. The topological polar surface area (TPSA) is 51.0 Å². The van der Waals surface area contributed by atoms with E-state index in [1.54, 1.807) is 0 Å². The molecule has 4 heteroatoms. The third kappa shape index (κ3) is 4.09. The molecule has 0 radical (unpaired) electrons. The average Bonchev–Trinajstić information content (AvgIpc) is 2.73. The van der Waals surface area contributed by atoms with Crippen LogP contribution in [0.4, 0.5) is 0 Å². The van der Waals surface area contributed by atoms with E-state index in [9.17, 15) is 0 Å². The van der Waals surface area contributed by atoms with Crippen LogP contribution in [-0.4, -0.2) is 22.7 Å². The summed E-state index contributed by atoms with van der Waals surface area (Å²) >= 11 is 0. The normalized spacial score (nSPS) is 25.3. The van der Waals surface area contributed by atoms with E-state index in [0.29, 0.717) is 6.04 Å². The van der Waals surface area contributed by atoms with Crippen LogP contribution in [0.1, 0.15) is 51.8 Å². The molecule has 2 rings (SSSR count). The molecule has 0 aromatic carbocycles. The Bertz CT molecular complexity index is 324. The van der Waals surface area contributed by atoms with Crippen molar-refractivity contribution in [3.8, 4) is 0 Å². The monoisotopic (exact) mass is 251 g/mol. The minimum absolute atomic E-state index is 0.681. The van der Waals surface area contributed by atoms with Crippen molar-refractivity contribution in [1.29, 1.82) is 0 Å². The van der Waals surface area contributed by atoms with Gasteiger partial charge in [-0.25, -0.2) is 0 Å². The maximum atomic E-state index is 4.73. The predicted molar refractivity (Wildman–Crippen MR) is 71.2 cm³/mol. The SMILES string of the molecule is CC(C)C1CCCC(NCCc2ncon2)CC1. The number of rotatable bonds is 5. The summed E-state index contributed by atoms with van der Waals surface area (Å²) in [6, 6.07) is 0.681. The quantitative estimate of drug-likeness (QED) is 0.818. The van der Waals surface area contributed by atoms with E-state index in [0.717, 1.165) is 30.6 Å². The lowest BCUT2D eigenvalue weighted by atomic mass is 9.89. The van der Waals surface area contributed by atoms with Crippen LogP contribution in [0.3, 0.4) is 0 Å². The lowest BCUT2D eigenvalue weighted by Crippen LogP contribution is -2.30. The fourth-order valence-electron chi connectivity index (χ4n) is 2.89. The summed E-state index contributed by atoms with van der Waals surface area (Å²) in [6.45, 7) is 5.67. The lowest BCUT2D eigenvalue weighted by molar-refractivity contribution is 0.338. The van der Waals surface area contributed by atoms with Crippen LogP contribution < -0.4 is 5.32 Å². The van der Waals surface area contributed by atoms with Crippen molar-refractivity contribution in [2.75, 3.05) is 6.54 Å². The van der Waals surface area contributed by atoms with Gasteiger partial charge in [0.25, 0.3) is 0 Å². The van der Waals surface area contributed by atoms with Crippen molar-refractivity contribution >= 4 is 0 Å². The Kier molecular flexibility index (Phi) is 5.17. The molecule has 1 aliphatic rings. The Labute approximate surface area is 110 Å². The molecule has 2 atom stereocenters. The van der Waals surface area contributed by atoms with Gasteiger partial charge in [-0.1, -0.05) is 31.8 Å². The first-order valence-electron chi connectivity index (χ1n) is 7.24. The fourth-order valence-corrected chi connectivity index (χ4v) is 2.89. The van der Waals surface area contributed by atoms with E-state index in [1.807, 2.05) is 0 Å². The Morgan fingerprint density at radius 1 is 1.33 bits per heavy atom. The minimum atomic E-state index is 0.681. The summed E-state index contributed by atoms with van der Waals surface area (Å²) in [6.07, 6.45) is 9.03. The summed E-state index contributed by atoms with van der Waals surface area (Å²) in [5.41, 5.74) is 0. The van der Waals surface area contributed by atoms with Crippen LogP contribution in [-0.2, 0) is 6.42 Å². The van der Waals surface area contributed by atoms with Crippen LogP contribution >= 0.6 is 0 Å². The van der Waals surface area contributed by atoms with Crippen molar-refractivity contribution in [2.45, 2.75) is 58.4 Å². The van der Waals surface area contributed by atoms with Gasteiger partial charge in [0.2, 0.25) is 6.39 Å². The molecule has 1 aliphatic carbocycles. The highest BCUT2D eigenvalue weighted by Gasteiger charge is 2.20. The molecule has 102 valence electrons. The Morgan fingerprint density at radius 2 is 2.22 bits per heavy atom. The molecular weight excluding hydrogens is 226 g/mol. The molecule has 4 nitrogen and oxygen atoms in total. The highest BCUT2D eigenvalue weighted by atomic mass is 16.5. The molecular formula is C14H25N3O. The van der Waals surface area contributed by atoms with Crippen molar-refractivity contribution < 1.29 is 4.52 Å². The largest absolute Gasteiger partial charge is 0.343 e. The van der Waals surface area contributed by atoms with Gasteiger partial charge in [-0.3, -0.25) is 0 Å². The molecule has 0 bridgehead atoms. The van der Waals surface area contributed by atoms with Crippen LogP contribution in [0.15, 0.2) is 10.9 Å². The molecule has 1 N–H and O–H groups in total. The smallest absolute Gasteiger partial charge is 0.213 e. The van der Waals surface area contributed by atoms with Gasteiger partial charge in [0.05, 0.1) is 0 Å². The molecule has 0 aliphatic heterocycles. The first-order chi connectivity index (χ1) is 8.75. The Hall–Kier alpha value is -0.900. The summed E-state index contributed by atoms with van der Waals surface area (Å²) in [5, 5.41) is 7.46. The van der Waals surface area contributed by atoms with Crippen LogP contribution in [0.2, 0.25) is 0 Å². The Morgan fingerprint density at radius 3 is 2.94 bits per heavy atom. The third-order valence-corrected chi connectivity index (χ3v) is 4.14. The van der Waals surface area contributed by atoms with Gasteiger partial charge in [0, 0.05) is 19.0 Å². The molecule has 1 aromatic heterocycles. The predicted octanol–water partition coefficient (Wildman–Crippen LogP) is 2.81. The number of hydrogen-bond acceptors (Lipinski definition) is 4. The Balaban J connectivity index is 1.67. The van der Waals surface area contributed by atoms with E-state index in [-0.39, 0.29) is 0 Å². The van der Waals surface area contributed by atoms with E-state index >= 15 is 0 Å². The maximum Gasteiger partial charge on any atom is 0.213 e. The summed E-state index contributed by atoms with van der Waals surface area (Å²) in [7, 11) is 0. The van der Waals surface area contributed by atoms with Crippen molar-refractivity contribution in [3.63, 3.8) is 0 Å². The van der Waals surface area contributed by atoms with Crippen LogP contribution in [0, 0.1) is 11.8 Å². The van der Waals surface area contributed by atoms with Gasteiger partial charge in [0.1, 0.15) is 0 Å². The van der Waals surface area contributed by atoms with E-state index in [2.05, 4.69) is 29.3 Å². The van der Waals surface area contributed by atoms with Gasteiger partial charge < -0.3 is 9.84 Å². The van der Waals surface area contributed by atoms with Crippen molar-refractivity contribution in [2.24, 2.45) is 11.8 Å². The number of hydrogen-bond donors (Lipinski definition) is 1. The second-order valence-corrected chi connectivity index (χ2v) is 5.76. The summed E-state index contributed by atoms with van der Waals surface area (Å²) < 4.78 is 4.73. The lowest BCUT2D eigenvalue weighted by Gasteiger charge is -2.19. The molecule has 0 spiro atoms. The summed E-state index contributed by atoms with van der Waals surface area (Å²) in [4.78, 5) is 4.03. The van der Waals surface area contributed by atoms with Gasteiger partial charge in [0.15, 0.2) is 5.82 Å². The van der Waals surface area contributed by atoms with Gasteiger partial charge in [-0.15, -0.1) is 0 Å². The maximum absolute atomic E-state index is 4.73. The van der Waals surface area contributed by atoms with Gasteiger partial charge in [-0.2, -0.15) is 4.98 Å². The molecule has 1 saturated carbocycles. The van der Waals surface area contributed by atoms with Crippen LogP contribution in [0.25, 0.3) is 0 Å². The zero-order valence-corrected chi connectivity index (χ0v) is 11.6. The average molecular weight is 251 g/mol. The zero-order chi connectivity index (χ0) is 12.8. The third-order valence-electron chi connectivity index (χ3n) is 4.14. The molecule has 2 unspecified atom stereocenters. The molecule has 1 fully saturated rings. The molecule has 1 heterocycles. The number of aromatic nitrogens is 2. The molecule has 1 aromatic rings. The second kappa shape index (κ2) is 6.88. The van der Waals surface area contributed by atoms with Gasteiger partial charge in [-0.05, 0) is 31.1 Å². The highest BCUT2D eigenvalue weighted by Crippen LogP contribution is 2.28. The van der Waals surface area contributed by atoms with E-state index in [1.165, 1.54) is 38.5 Å². The van der Waals surface area contributed by atoms with E-state index < -0.39 is 0 Å². The standard InChI is InChI=1S/C14H25N3O/c1-11(2)12-4-3-5-13(7-6-12)15-9-8-14-16-10-18-17-14/h10-13,15H,3-9H2,1-2H3. The van der Waals surface area contributed by atoms with Crippen molar-refractivity contribution in [1.82, 2.24) is 15.5 Å². The van der Waals surface area contributed by atoms with E-state index in [4.69, 9.17) is 4.52 Å². The highest BCUT2D eigenvalue weighted by molar-refractivity contribution is 4.81. The van der Waals surface area contributed by atoms with Crippen molar-refractivity contribution in [3.05, 3.63) is 12.2 Å². The van der Waals surface area contributed by atoms with Crippen LogP contribution in [0.5, 0.6) is 0 Å². The summed E-state index contributed by atoms with van der Waals surface area (Å²) in [5.74, 6) is 2.56. The van der Waals surface area contributed by atoms with Gasteiger partial charge >= 0.3 is 0 Å². The zero-order valence-electron chi connectivity index (χ0n) is 11.6. The molecule has 0 saturated heterocycles. The second-order valence-electron chi connectivity index (χ2n) is 5.76. The minimum Gasteiger partial charge on any atom is -0.343 e. The fraction of sp³-hybridized carbons (Fsp3) is 0.857. The molecule has 0 amide bonds. The first-order valence-corrected chi connectivity index (χ1v) is 7.24. The molecule has 18 heavy (non-hydrogen) atoms. The first kappa shape index (κ1) is 13.5. The number of nitrogens with zero attached hydrogens (tertiary/aromatic N) is 2.